The number of ketones is 1. The van der Waals surface area contributed by atoms with Gasteiger partial charge in [-0.15, -0.1) is 0 Å². The number of amides is 2. The Morgan fingerprint density at radius 1 is 1.00 bits per heavy atom. The maximum absolute atomic E-state index is 13.1. The molecule has 2 amide bonds. The molecule has 3 rings (SSSR count). The number of alkyl halides is 3. The monoisotopic (exact) mass is 431 g/mol. The lowest BCUT2D eigenvalue weighted by molar-refractivity contribution is -0.157. The van der Waals surface area contributed by atoms with Crippen molar-refractivity contribution in [1.29, 1.82) is 0 Å². The molecule has 0 aliphatic heterocycles. The number of nitrogens with one attached hydrogen (secondary N) is 1. The van der Waals surface area contributed by atoms with Gasteiger partial charge in [0.25, 0.3) is 11.8 Å². The minimum Gasteiger partial charge on any atom is -0.427 e. The highest BCUT2D eigenvalue weighted by Gasteiger charge is 2.40. The molecular weight excluding hydrogens is 415 g/mol. The maximum Gasteiger partial charge on any atom is 0.468 e. The molecule has 1 unspecified atom stereocenters. The molecule has 3 aromatic rings. The molecule has 0 saturated heterocycles. The summed E-state index contributed by atoms with van der Waals surface area (Å²) in [5.74, 6) is -5.89. The SMILES string of the molecule is NC(=O)C(=O)C(Cc1ccccc1)NC(=O)c1oc(C(F)(F)F)nc1-c1ccccc1. The van der Waals surface area contributed by atoms with Crippen molar-refractivity contribution >= 4 is 17.6 Å². The van der Waals surface area contributed by atoms with E-state index in [4.69, 9.17) is 10.2 Å². The second-order valence-electron chi connectivity index (χ2n) is 6.50. The molecule has 1 aromatic heterocycles. The zero-order valence-electron chi connectivity index (χ0n) is 15.8. The summed E-state index contributed by atoms with van der Waals surface area (Å²) in [6.45, 7) is 0. The number of carbonyl (C=O) groups is 3. The van der Waals surface area contributed by atoms with Gasteiger partial charge in [0.2, 0.25) is 11.5 Å². The number of nitrogens with two attached hydrogens (primary N) is 1. The van der Waals surface area contributed by atoms with Gasteiger partial charge in [-0.1, -0.05) is 60.7 Å². The van der Waals surface area contributed by atoms with Gasteiger partial charge >= 0.3 is 12.1 Å². The first-order valence-corrected chi connectivity index (χ1v) is 8.98. The summed E-state index contributed by atoms with van der Waals surface area (Å²) in [6.07, 6.45) is -5.04. The van der Waals surface area contributed by atoms with E-state index in [-0.39, 0.29) is 17.7 Å². The highest BCUT2D eigenvalue weighted by Crippen LogP contribution is 2.33. The van der Waals surface area contributed by atoms with Gasteiger partial charge in [0.15, 0.2) is 0 Å². The third-order valence-electron chi connectivity index (χ3n) is 4.27. The van der Waals surface area contributed by atoms with Crippen LogP contribution in [0.5, 0.6) is 0 Å². The van der Waals surface area contributed by atoms with Gasteiger partial charge in [-0.2, -0.15) is 13.2 Å². The van der Waals surface area contributed by atoms with Crippen LogP contribution < -0.4 is 11.1 Å². The molecule has 1 atom stereocenters. The Morgan fingerprint density at radius 3 is 2.13 bits per heavy atom. The first-order chi connectivity index (χ1) is 14.7. The van der Waals surface area contributed by atoms with E-state index in [1.807, 2.05) is 0 Å². The Bertz CT molecular complexity index is 1100. The molecule has 0 radical (unpaired) electrons. The highest BCUT2D eigenvalue weighted by atomic mass is 19.4. The normalized spacial score (nSPS) is 12.2. The van der Waals surface area contributed by atoms with Gasteiger partial charge in [-0.05, 0) is 5.56 Å². The summed E-state index contributed by atoms with van der Waals surface area (Å²) >= 11 is 0. The zero-order chi connectivity index (χ0) is 22.6. The number of nitrogens with zero attached hydrogens (tertiary/aromatic N) is 1. The molecule has 0 fully saturated rings. The van der Waals surface area contributed by atoms with Crippen molar-refractivity contribution < 1.29 is 32.0 Å². The van der Waals surface area contributed by atoms with Gasteiger partial charge in [0, 0.05) is 12.0 Å². The first-order valence-electron chi connectivity index (χ1n) is 8.98. The minimum absolute atomic E-state index is 0.102. The number of Topliss-reactive ketones (excluding diaryl/α,β-unsaturated/α-hetero) is 1. The Morgan fingerprint density at radius 2 is 1.58 bits per heavy atom. The van der Waals surface area contributed by atoms with Crippen LogP contribution in [0.25, 0.3) is 11.3 Å². The summed E-state index contributed by atoms with van der Waals surface area (Å²) in [5.41, 5.74) is 5.51. The summed E-state index contributed by atoms with van der Waals surface area (Å²) in [4.78, 5) is 39.8. The average Bonchev–Trinajstić information content (AvgIpc) is 3.20. The third kappa shape index (κ3) is 5.16. The average molecular weight is 431 g/mol. The third-order valence-corrected chi connectivity index (χ3v) is 4.27. The fourth-order valence-electron chi connectivity index (χ4n) is 2.84. The molecule has 3 N–H and O–H groups in total. The van der Waals surface area contributed by atoms with Crippen LogP contribution in [-0.2, 0) is 22.2 Å². The fourth-order valence-corrected chi connectivity index (χ4v) is 2.84. The van der Waals surface area contributed by atoms with E-state index >= 15 is 0 Å². The minimum atomic E-state index is -4.94. The molecule has 2 aromatic carbocycles. The molecule has 7 nitrogen and oxygen atoms in total. The lowest BCUT2D eigenvalue weighted by atomic mass is 10.0. The molecular formula is C21H16F3N3O4. The predicted molar refractivity (Wildman–Crippen MR) is 103 cm³/mol. The molecule has 160 valence electrons. The lowest BCUT2D eigenvalue weighted by Crippen LogP contribution is -2.47. The van der Waals surface area contributed by atoms with Gasteiger partial charge in [-0.25, -0.2) is 4.98 Å². The Labute approximate surface area is 174 Å². The quantitative estimate of drug-likeness (QED) is 0.558. The number of primary amides is 1. The summed E-state index contributed by atoms with van der Waals surface area (Å²) in [6, 6.07) is 14.6. The number of hydrogen-bond acceptors (Lipinski definition) is 5. The van der Waals surface area contributed by atoms with E-state index in [2.05, 4.69) is 10.3 Å². The van der Waals surface area contributed by atoms with Gasteiger partial charge in [-0.3, -0.25) is 14.4 Å². The van der Waals surface area contributed by atoms with Crippen molar-refractivity contribution in [2.45, 2.75) is 18.6 Å². The van der Waals surface area contributed by atoms with Crippen molar-refractivity contribution in [3.05, 3.63) is 77.9 Å². The number of hydrogen-bond donors (Lipinski definition) is 2. The topological polar surface area (TPSA) is 115 Å². The molecule has 1 heterocycles. The van der Waals surface area contributed by atoms with Crippen molar-refractivity contribution in [3.63, 3.8) is 0 Å². The van der Waals surface area contributed by atoms with E-state index in [1.54, 1.807) is 48.5 Å². The number of rotatable bonds is 7. The van der Waals surface area contributed by atoms with Crippen molar-refractivity contribution in [1.82, 2.24) is 10.3 Å². The molecule has 0 aliphatic rings. The molecule has 0 aliphatic carbocycles. The standard InChI is InChI=1S/C21H16F3N3O4/c22-21(23,24)20-27-15(13-9-5-2-6-10-13)17(31-20)19(30)26-14(16(28)18(25)29)11-12-7-3-1-4-8-12/h1-10,14H,11H2,(H2,25,29)(H,26,30). The molecule has 10 heteroatoms. The van der Waals surface area contributed by atoms with Crippen LogP contribution in [0.1, 0.15) is 22.0 Å². The number of halogens is 3. The number of aromatic nitrogens is 1. The molecule has 0 spiro atoms. The van der Waals surface area contributed by atoms with Crippen LogP contribution >= 0.6 is 0 Å². The van der Waals surface area contributed by atoms with Crippen LogP contribution in [0.2, 0.25) is 0 Å². The predicted octanol–water partition coefficient (Wildman–Crippen LogP) is 2.76. The van der Waals surface area contributed by atoms with Crippen molar-refractivity contribution in [2.75, 3.05) is 0 Å². The summed E-state index contributed by atoms with van der Waals surface area (Å²) in [5, 5.41) is 2.25. The van der Waals surface area contributed by atoms with Gasteiger partial charge in [0.05, 0.1) is 0 Å². The molecule has 0 saturated carbocycles. The van der Waals surface area contributed by atoms with Crippen LogP contribution in [0.3, 0.4) is 0 Å². The smallest absolute Gasteiger partial charge is 0.427 e. The van der Waals surface area contributed by atoms with Crippen LogP contribution in [0.4, 0.5) is 13.2 Å². The van der Waals surface area contributed by atoms with Gasteiger partial charge < -0.3 is 15.5 Å². The van der Waals surface area contributed by atoms with Crippen molar-refractivity contribution in [3.8, 4) is 11.3 Å². The second kappa shape index (κ2) is 8.82. The van der Waals surface area contributed by atoms with Crippen LogP contribution in [0.15, 0.2) is 65.1 Å². The maximum atomic E-state index is 13.1. The Balaban J connectivity index is 1.97. The van der Waals surface area contributed by atoms with Crippen LogP contribution in [0, 0.1) is 0 Å². The van der Waals surface area contributed by atoms with E-state index in [9.17, 15) is 27.6 Å². The number of oxazole rings is 1. The largest absolute Gasteiger partial charge is 0.468 e. The van der Waals surface area contributed by atoms with E-state index in [1.165, 1.54) is 12.1 Å². The molecule has 0 bridgehead atoms. The van der Waals surface area contributed by atoms with E-state index in [0.717, 1.165) is 0 Å². The van der Waals surface area contributed by atoms with Crippen molar-refractivity contribution in [2.24, 2.45) is 5.73 Å². The number of benzene rings is 2. The lowest BCUT2D eigenvalue weighted by Gasteiger charge is -2.16. The Kier molecular flexibility index (Phi) is 6.19. The molecule has 31 heavy (non-hydrogen) atoms. The first kappa shape index (κ1) is 21.8. The van der Waals surface area contributed by atoms with E-state index in [0.29, 0.717) is 5.56 Å². The van der Waals surface area contributed by atoms with E-state index < -0.39 is 41.5 Å². The fraction of sp³-hybridized carbons (Fsp3) is 0.143. The second-order valence-corrected chi connectivity index (χ2v) is 6.50. The highest BCUT2D eigenvalue weighted by molar-refractivity contribution is 6.38. The summed E-state index contributed by atoms with van der Waals surface area (Å²) < 4.78 is 44.1. The summed E-state index contributed by atoms with van der Waals surface area (Å²) in [7, 11) is 0. The van der Waals surface area contributed by atoms with Gasteiger partial charge in [0.1, 0.15) is 11.7 Å². The Hall–Kier alpha value is -3.95. The number of carbonyl (C=O) groups excluding carboxylic acids is 3. The zero-order valence-corrected chi connectivity index (χ0v) is 15.8. The van der Waals surface area contributed by atoms with Crippen LogP contribution in [-0.4, -0.2) is 28.6 Å².